The van der Waals surface area contributed by atoms with Crippen LogP contribution in [0.15, 0.2) is 77.8 Å². The van der Waals surface area contributed by atoms with E-state index in [4.69, 9.17) is 28.2 Å². The van der Waals surface area contributed by atoms with Crippen molar-refractivity contribution in [2.45, 2.75) is 18.6 Å². The third kappa shape index (κ3) is 5.21. The normalized spacial score (nSPS) is 17.8. The third-order valence-electron chi connectivity index (χ3n) is 4.67. The van der Waals surface area contributed by atoms with Crippen molar-refractivity contribution >= 4 is 41.6 Å². The molecule has 1 aliphatic heterocycles. The van der Waals surface area contributed by atoms with Crippen LogP contribution in [0.25, 0.3) is 0 Å². The molecule has 3 aromatic rings. The average molecular weight is 451 g/mol. The fourth-order valence-electron chi connectivity index (χ4n) is 3.27. The van der Waals surface area contributed by atoms with Gasteiger partial charge in [-0.05, 0) is 53.1 Å². The van der Waals surface area contributed by atoms with E-state index >= 15 is 0 Å². The van der Waals surface area contributed by atoms with Gasteiger partial charge in [0.2, 0.25) is 0 Å². The SMILES string of the molecule is Cl.Fc1cccc(CNC2=NC(c3ccc(Cl)cc3)C(c3ccc(Cl)cc3)N2)c1. The van der Waals surface area contributed by atoms with Gasteiger partial charge in [0, 0.05) is 16.6 Å². The van der Waals surface area contributed by atoms with E-state index in [1.165, 1.54) is 12.1 Å². The lowest BCUT2D eigenvalue weighted by Crippen LogP contribution is -2.35. The van der Waals surface area contributed by atoms with Crippen molar-refractivity contribution in [1.82, 2.24) is 10.6 Å². The molecule has 0 aromatic heterocycles. The Labute approximate surface area is 185 Å². The quantitative estimate of drug-likeness (QED) is 0.505. The van der Waals surface area contributed by atoms with Crippen molar-refractivity contribution in [3.8, 4) is 0 Å². The van der Waals surface area contributed by atoms with Crippen LogP contribution in [0.4, 0.5) is 4.39 Å². The zero-order chi connectivity index (χ0) is 19.5. The molecule has 0 aliphatic carbocycles. The summed E-state index contributed by atoms with van der Waals surface area (Å²) in [5.41, 5.74) is 2.98. The van der Waals surface area contributed by atoms with Crippen LogP contribution in [-0.2, 0) is 6.54 Å². The minimum Gasteiger partial charge on any atom is -0.352 e. The van der Waals surface area contributed by atoms with Crippen LogP contribution in [0.1, 0.15) is 28.8 Å². The number of benzene rings is 3. The molecule has 2 N–H and O–H groups in total. The second-order valence-corrected chi connectivity index (χ2v) is 7.50. The van der Waals surface area contributed by atoms with Gasteiger partial charge in [0.1, 0.15) is 11.9 Å². The fourth-order valence-corrected chi connectivity index (χ4v) is 3.52. The predicted molar refractivity (Wildman–Crippen MR) is 119 cm³/mol. The summed E-state index contributed by atoms with van der Waals surface area (Å²) in [6.07, 6.45) is 0. The fraction of sp³-hybridized carbons (Fsp3) is 0.136. The predicted octanol–water partition coefficient (Wildman–Crippen LogP) is 6.09. The first-order valence-electron chi connectivity index (χ1n) is 8.92. The lowest BCUT2D eigenvalue weighted by molar-refractivity contribution is 0.570. The number of hydrogen-bond acceptors (Lipinski definition) is 3. The number of nitrogens with zero attached hydrogens (tertiary/aromatic N) is 1. The number of hydrogen-bond donors (Lipinski definition) is 2. The molecule has 1 aliphatic rings. The molecule has 2 unspecified atom stereocenters. The highest BCUT2D eigenvalue weighted by Gasteiger charge is 2.31. The van der Waals surface area contributed by atoms with Crippen molar-refractivity contribution < 1.29 is 4.39 Å². The van der Waals surface area contributed by atoms with Gasteiger partial charge in [-0.1, -0.05) is 59.6 Å². The molecule has 2 atom stereocenters. The first kappa shape index (κ1) is 21.4. The molecule has 3 nitrogen and oxygen atoms in total. The van der Waals surface area contributed by atoms with Crippen LogP contribution in [0.2, 0.25) is 10.0 Å². The lowest BCUT2D eigenvalue weighted by Gasteiger charge is -2.20. The molecule has 29 heavy (non-hydrogen) atoms. The molecule has 0 radical (unpaired) electrons. The largest absolute Gasteiger partial charge is 0.352 e. The van der Waals surface area contributed by atoms with E-state index in [-0.39, 0.29) is 30.3 Å². The zero-order valence-electron chi connectivity index (χ0n) is 15.3. The molecule has 0 amide bonds. The van der Waals surface area contributed by atoms with E-state index in [2.05, 4.69) is 10.6 Å². The summed E-state index contributed by atoms with van der Waals surface area (Å²) >= 11 is 12.1. The van der Waals surface area contributed by atoms with Gasteiger partial charge in [0.15, 0.2) is 5.96 Å². The van der Waals surface area contributed by atoms with Gasteiger partial charge in [0.25, 0.3) is 0 Å². The van der Waals surface area contributed by atoms with Crippen molar-refractivity contribution in [3.05, 3.63) is 105 Å². The first-order valence-corrected chi connectivity index (χ1v) is 9.68. The summed E-state index contributed by atoms with van der Waals surface area (Å²) in [4.78, 5) is 4.83. The van der Waals surface area contributed by atoms with Gasteiger partial charge in [-0.15, -0.1) is 12.4 Å². The summed E-state index contributed by atoms with van der Waals surface area (Å²) in [5, 5.41) is 8.09. The highest BCUT2D eigenvalue weighted by atomic mass is 35.5. The van der Waals surface area contributed by atoms with E-state index in [1.807, 2.05) is 54.6 Å². The highest BCUT2D eigenvalue weighted by Crippen LogP contribution is 2.36. The molecular weight excluding hydrogens is 432 g/mol. The monoisotopic (exact) mass is 449 g/mol. The van der Waals surface area contributed by atoms with Crippen molar-refractivity contribution in [2.24, 2.45) is 4.99 Å². The van der Waals surface area contributed by atoms with Crippen molar-refractivity contribution in [2.75, 3.05) is 0 Å². The summed E-state index contributed by atoms with van der Waals surface area (Å²) in [7, 11) is 0. The van der Waals surface area contributed by atoms with Crippen LogP contribution < -0.4 is 10.6 Å². The van der Waals surface area contributed by atoms with Gasteiger partial charge in [-0.3, -0.25) is 0 Å². The second kappa shape index (κ2) is 9.49. The van der Waals surface area contributed by atoms with E-state index in [9.17, 15) is 4.39 Å². The molecule has 0 saturated carbocycles. The molecule has 4 rings (SSSR count). The molecule has 0 bridgehead atoms. The van der Waals surface area contributed by atoms with Crippen LogP contribution in [-0.4, -0.2) is 5.96 Å². The van der Waals surface area contributed by atoms with Crippen molar-refractivity contribution in [1.29, 1.82) is 0 Å². The standard InChI is InChI=1S/C22H18Cl2FN3.ClH/c23-17-8-4-15(5-9-17)20-21(16-6-10-18(24)11-7-16)28-22(27-20)26-13-14-2-1-3-19(25)12-14;/h1-12,20-21H,13H2,(H2,26,27,28);1H. The number of nitrogens with one attached hydrogen (secondary N) is 2. The minimum atomic E-state index is -0.251. The average Bonchev–Trinajstić information content (AvgIpc) is 3.12. The van der Waals surface area contributed by atoms with E-state index in [0.29, 0.717) is 22.5 Å². The third-order valence-corrected chi connectivity index (χ3v) is 5.17. The lowest BCUT2D eigenvalue weighted by atomic mass is 9.95. The van der Waals surface area contributed by atoms with Gasteiger partial charge >= 0.3 is 0 Å². The Bertz CT molecular complexity index is 991. The molecule has 0 spiro atoms. The maximum atomic E-state index is 13.4. The van der Waals surface area contributed by atoms with E-state index in [0.717, 1.165) is 16.7 Å². The molecule has 0 fully saturated rings. The Kier molecular flexibility index (Phi) is 7.01. The van der Waals surface area contributed by atoms with Gasteiger partial charge < -0.3 is 10.6 Å². The van der Waals surface area contributed by atoms with Gasteiger partial charge in [0.05, 0.1) is 6.04 Å². The number of guanidine groups is 1. The Morgan fingerprint density at radius 1 is 0.897 bits per heavy atom. The van der Waals surface area contributed by atoms with Gasteiger partial charge in [-0.25, -0.2) is 9.38 Å². The first-order chi connectivity index (χ1) is 13.6. The van der Waals surface area contributed by atoms with Crippen LogP contribution >= 0.6 is 35.6 Å². The molecule has 150 valence electrons. The second-order valence-electron chi connectivity index (χ2n) is 6.63. The van der Waals surface area contributed by atoms with Crippen molar-refractivity contribution in [3.63, 3.8) is 0 Å². The Hall–Kier alpha value is -2.27. The number of aliphatic imine (C=N–C) groups is 1. The maximum absolute atomic E-state index is 13.4. The number of rotatable bonds is 4. The summed E-state index contributed by atoms with van der Waals surface area (Å²) < 4.78 is 13.4. The Morgan fingerprint density at radius 3 is 2.14 bits per heavy atom. The smallest absolute Gasteiger partial charge is 0.192 e. The van der Waals surface area contributed by atoms with Crippen LogP contribution in [0.3, 0.4) is 0 Å². The van der Waals surface area contributed by atoms with Gasteiger partial charge in [-0.2, -0.15) is 0 Å². The van der Waals surface area contributed by atoms with E-state index < -0.39 is 0 Å². The molecule has 0 saturated heterocycles. The number of halogens is 4. The molecule has 7 heteroatoms. The maximum Gasteiger partial charge on any atom is 0.192 e. The van der Waals surface area contributed by atoms with E-state index in [1.54, 1.807) is 6.07 Å². The summed E-state index contributed by atoms with van der Waals surface area (Å²) in [5.74, 6) is 0.419. The molecule has 3 aromatic carbocycles. The topological polar surface area (TPSA) is 36.4 Å². The minimum absolute atomic E-state index is 0. The molecule has 1 heterocycles. The Morgan fingerprint density at radius 2 is 1.52 bits per heavy atom. The van der Waals surface area contributed by atoms with Crippen LogP contribution in [0, 0.1) is 5.82 Å². The summed E-state index contributed by atoms with van der Waals surface area (Å²) in [6, 6.07) is 21.8. The molecular formula is C22H19Cl3FN3. The summed E-state index contributed by atoms with van der Waals surface area (Å²) in [6.45, 7) is 0.476. The zero-order valence-corrected chi connectivity index (χ0v) is 17.6. The van der Waals surface area contributed by atoms with Crippen LogP contribution in [0.5, 0.6) is 0 Å². The Balaban J connectivity index is 0.00000240. The highest BCUT2D eigenvalue weighted by molar-refractivity contribution is 6.30.